The van der Waals surface area contributed by atoms with Crippen LogP contribution in [0.15, 0.2) is 18.3 Å². The number of fused-ring (bicyclic) bond motifs is 1. The molecule has 0 spiro atoms. The molecule has 0 aromatic carbocycles. The Labute approximate surface area is 109 Å². The zero-order valence-corrected chi connectivity index (χ0v) is 10.1. The lowest BCUT2D eigenvalue weighted by molar-refractivity contribution is -0.131. The molecule has 0 fully saturated rings. The summed E-state index contributed by atoms with van der Waals surface area (Å²) in [6.45, 7) is 1.67. The number of aliphatic hydroxyl groups is 1. The molecule has 100 valence electrons. The first-order valence-electron chi connectivity index (χ1n) is 5.64. The molecular formula is C12H13N3O4. The number of hydrogen-bond donors (Lipinski definition) is 4. The lowest BCUT2D eigenvalue weighted by Gasteiger charge is -2.15. The van der Waals surface area contributed by atoms with E-state index in [1.165, 1.54) is 12.3 Å². The molecular weight excluding hydrogens is 250 g/mol. The third-order valence-electron chi connectivity index (χ3n) is 2.69. The van der Waals surface area contributed by atoms with Crippen LogP contribution in [0, 0.1) is 0 Å². The van der Waals surface area contributed by atoms with Crippen LogP contribution in [0.4, 0.5) is 11.5 Å². The number of aliphatic hydroxyl groups excluding tert-OH is 1. The molecule has 1 amide bonds. The van der Waals surface area contributed by atoms with Gasteiger partial charge in [0.25, 0.3) is 5.91 Å². The number of anilines is 2. The highest BCUT2D eigenvalue weighted by molar-refractivity contribution is 5.98. The van der Waals surface area contributed by atoms with Gasteiger partial charge < -0.3 is 20.8 Å². The van der Waals surface area contributed by atoms with Gasteiger partial charge in [0.05, 0.1) is 11.7 Å². The topological polar surface area (TPSA) is 112 Å². The van der Waals surface area contributed by atoms with Gasteiger partial charge in [-0.3, -0.25) is 4.79 Å². The number of amides is 1. The van der Waals surface area contributed by atoms with Gasteiger partial charge in [0.1, 0.15) is 0 Å². The summed E-state index contributed by atoms with van der Waals surface area (Å²) in [4.78, 5) is 26.0. The summed E-state index contributed by atoms with van der Waals surface area (Å²) in [5.41, 5.74) is 1.11. The molecule has 2 atom stereocenters. The van der Waals surface area contributed by atoms with Crippen LogP contribution < -0.4 is 10.6 Å². The molecule has 1 aromatic heterocycles. The third-order valence-corrected chi connectivity index (χ3v) is 2.69. The van der Waals surface area contributed by atoms with Gasteiger partial charge in [-0.25, -0.2) is 9.78 Å². The Balaban J connectivity index is 2.33. The number of rotatable bonds is 2. The first-order valence-corrected chi connectivity index (χ1v) is 5.64. The van der Waals surface area contributed by atoms with Gasteiger partial charge in [0.15, 0.2) is 11.9 Å². The van der Waals surface area contributed by atoms with E-state index in [0.29, 0.717) is 17.1 Å². The molecule has 0 saturated carbocycles. The van der Waals surface area contributed by atoms with Crippen molar-refractivity contribution in [3.05, 3.63) is 23.9 Å². The summed E-state index contributed by atoms with van der Waals surface area (Å²) in [5.74, 6) is -1.28. The molecule has 19 heavy (non-hydrogen) atoms. The smallest absolute Gasteiger partial charge is 0.328 e. The highest BCUT2D eigenvalue weighted by Gasteiger charge is 2.27. The molecule has 2 heterocycles. The average molecular weight is 263 g/mol. The number of carboxylic acids is 1. The van der Waals surface area contributed by atoms with Crippen LogP contribution in [0.2, 0.25) is 0 Å². The summed E-state index contributed by atoms with van der Waals surface area (Å²) in [7, 11) is 0. The standard InChI is InChI=1S/C12H13N3O4/c1-6-10(18)12(19)15-11-8(14-6)4-7(5-13-11)2-3-9(16)17/h2-6,10,14,18H,1H3,(H,16,17)(H,13,15,19)/t6-,10+/m1/s1. The third kappa shape index (κ3) is 2.89. The van der Waals surface area contributed by atoms with Crippen LogP contribution in [0.25, 0.3) is 6.08 Å². The van der Waals surface area contributed by atoms with E-state index >= 15 is 0 Å². The maximum absolute atomic E-state index is 11.6. The lowest BCUT2D eigenvalue weighted by atomic mass is 10.2. The van der Waals surface area contributed by atoms with Crippen LogP contribution in [0.1, 0.15) is 12.5 Å². The van der Waals surface area contributed by atoms with Crippen molar-refractivity contribution in [2.45, 2.75) is 19.1 Å². The number of nitrogens with one attached hydrogen (secondary N) is 2. The number of carbonyl (C=O) groups is 2. The Bertz CT molecular complexity index is 556. The minimum Gasteiger partial charge on any atom is -0.478 e. The van der Waals surface area contributed by atoms with E-state index in [1.807, 2.05) is 0 Å². The van der Waals surface area contributed by atoms with E-state index in [9.17, 15) is 14.7 Å². The highest BCUT2D eigenvalue weighted by atomic mass is 16.4. The number of aromatic nitrogens is 1. The van der Waals surface area contributed by atoms with Crippen molar-refractivity contribution in [1.82, 2.24) is 4.98 Å². The zero-order valence-electron chi connectivity index (χ0n) is 10.1. The number of pyridine rings is 1. The van der Waals surface area contributed by atoms with Crippen molar-refractivity contribution < 1.29 is 19.8 Å². The van der Waals surface area contributed by atoms with E-state index in [4.69, 9.17) is 5.11 Å². The summed E-state index contributed by atoms with van der Waals surface area (Å²) >= 11 is 0. The maximum atomic E-state index is 11.6. The number of carboxylic acid groups (broad SMARTS) is 1. The Morgan fingerprint density at radius 3 is 2.95 bits per heavy atom. The number of nitrogens with zero attached hydrogens (tertiary/aromatic N) is 1. The van der Waals surface area contributed by atoms with Crippen LogP contribution in [0.3, 0.4) is 0 Å². The van der Waals surface area contributed by atoms with Crippen molar-refractivity contribution >= 4 is 29.5 Å². The largest absolute Gasteiger partial charge is 0.478 e. The molecule has 7 heteroatoms. The van der Waals surface area contributed by atoms with Crippen molar-refractivity contribution in [2.75, 3.05) is 10.6 Å². The second kappa shape index (κ2) is 5.07. The van der Waals surface area contributed by atoms with Crippen molar-refractivity contribution in [1.29, 1.82) is 0 Å². The summed E-state index contributed by atoms with van der Waals surface area (Å²) < 4.78 is 0. The molecule has 0 saturated heterocycles. The molecule has 0 aliphatic carbocycles. The molecule has 1 aliphatic rings. The normalized spacial score (nSPS) is 22.3. The van der Waals surface area contributed by atoms with Gasteiger partial charge in [-0.15, -0.1) is 0 Å². The van der Waals surface area contributed by atoms with Crippen LogP contribution >= 0.6 is 0 Å². The van der Waals surface area contributed by atoms with Gasteiger partial charge in [0, 0.05) is 12.3 Å². The SMILES string of the molecule is C[C@H]1Nc2cc(C=CC(=O)O)cnc2NC(=O)[C@H]1O. The summed E-state index contributed by atoms with van der Waals surface area (Å²) in [6, 6.07) is 1.18. The minimum atomic E-state index is -1.17. The van der Waals surface area contributed by atoms with Crippen molar-refractivity contribution in [3.8, 4) is 0 Å². The van der Waals surface area contributed by atoms with Gasteiger partial charge >= 0.3 is 5.97 Å². The quantitative estimate of drug-likeness (QED) is 0.571. The fourth-order valence-corrected chi connectivity index (χ4v) is 1.69. The van der Waals surface area contributed by atoms with E-state index in [0.717, 1.165) is 6.08 Å². The molecule has 0 bridgehead atoms. The fourth-order valence-electron chi connectivity index (χ4n) is 1.69. The van der Waals surface area contributed by atoms with Gasteiger partial charge in [0.2, 0.25) is 0 Å². The van der Waals surface area contributed by atoms with E-state index in [2.05, 4.69) is 15.6 Å². The predicted molar refractivity (Wildman–Crippen MR) is 68.6 cm³/mol. The first kappa shape index (κ1) is 13.0. The Morgan fingerprint density at radius 1 is 1.53 bits per heavy atom. The van der Waals surface area contributed by atoms with E-state index in [-0.39, 0.29) is 0 Å². The Morgan fingerprint density at radius 2 is 2.26 bits per heavy atom. The van der Waals surface area contributed by atoms with Gasteiger partial charge in [-0.05, 0) is 24.6 Å². The van der Waals surface area contributed by atoms with Crippen molar-refractivity contribution in [2.24, 2.45) is 0 Å². The van der Waals surface area contributed by atoms with Crippen LogP contribution in [-0.4, -0.2) is 39.2 Å². The number of carbonyl (C=O) groups excluding carboxylic acids is 1. The Kier molecular flexibility index (Phi) is 3.48. The first-order chi connectivity index (χ1) is 8.97. The maximum Gasteiger partial charge on any atom is 0.328 e. The lowest BCUT2D eigenvalue weighted by Crippen LogP contribution is -2.38. The molecule has 1 aromatic rings. The second-order valence-electron chi connectivity index (χ2n) is 4.20. The van der Waals surface area contributed by atoms with Gasteiger partial charge in [-0.2, -0.15) is 0 Å². The molecule has 1 aliphatic heterocycles. The molecule has 0 unspecified atom stereocenters. The molecule has 4 N–H and O–H groups in total. The second-order valence-corrected chi connectivity index (χ2v) is 4.20. The van der Waals surface area contributed by atoms with Crippen LogP contribution in [0.5, 0.6) is 0 Å². The molecule has 7 nitrogen and oxygen atoms in total. The molecule has 0 radical (unpaired) electrons. The average Bonchev–Trinajstić information content (AvgIpc) is 2.46. The van der Waals surface area contributed by atoms with Gasteiger partial charge in [-0.1, -0.05) is 0 Å². The zero-order chi connectivity index (χ0) is 14.0. The molecule has 2 rings (SSSR count). The number of hydrogen-bond acceptors (Lipinski definition) is 5. The monoisotopic (exact) mass is 263 g/mol. The van der Waals surface area contributed by atoms with E-state index in [1.54, 1.807) is 13.0 Å². The summed E-state index contributed by atoms with van der Waals surface area (Å²) in [6.07, 6.45) is 2.65. The number of aliphatic carboxylic acids is 1. The fraction of sp³-hybridized carbons (Fsp3) is 0.250. The summed E-state index contributed by atoms with van der Waals surface area (Å²) in [5, 5.41) is 23.7. The minimum absolute atomic E-state index is 0.306. The van der Waals surface area contributed by atoms with E-state index < -0.39 is 24.0 Å². The van der Waals surface area contributed by atoms with Crippen LogP contribution in [-0.2, 0) is 9.59 Å². The Hall–Kier alpha value is -2.41. The van der Waals surface area contributed by atoms with Crippen molar-refractivity contribution in [3.63, 3.8) is 0 Å². The highest BCUT2D eigenvalue weighted by Crippen LogP contribution is 2.25. The predicted octanol–water partition coefficient (Wildman–Crippen LogP) is 0.293.